The minimum atomic E-state index is -1.62. The van der Waals surface area contributed by atoms with Crippen molar-refractivity contribution in [1.82, 2.24) is 16.0 Å². The van der Waals surface area contributed by atoms with Gasteiger partial charge < -0.3 is 40.7 Å². The lowest BCUT2D eigenvalue weighted by molar-refractivity contribution is -0.145. The van der Waals surface area contributed by atoms with Gasteiger partial charge in [-0.15, -0.1) is 0 Å². The van der Waals surface area contributed by atoms with Crippen LogP contribution in [-0.2, 0) is 36.9 Å². The minimum absolute atomic E-state index is 0.0117. The third-order valence-electron chi connectivity index (χ3n) is 7.35. The van der Waals surface area contributed by atoms with Crippen molar-refractivity contribution in [3.63, 3.8) is 0 Å². The predicted octanol–water partition coefficient (Wildman–Crippen LogP) is 7.57. The molecule has 12 nitrogen and oxygen atoms in total. The summed E-state index contributed by atoms with van der Waals surface area (Å²) in [5, 5.41) is 38.0. The van der Waals surface area contributed by atoms with E-state index < -0.39 is 47.8 Å². The van der Waals surface area contributed by atoms with Crippen LogP contribution in [-0.4, -0.2) is 52.3 Å². The summed E-state index contributed by atoms with van der Waals surface area (Å²) in [6.07, 6.45) is -1.06. The maximum atomic E-state index is 14.2. The molecule has 0 aliphatic carbocycles. The third kappa shape index (κ3) is 10.8. The van der Waals surface area contributed by atoms with Crippen LogP contribution in [0.2, 0.25) is 10.0 Å². The zero-order chi connectivity index (χ0) is 38.3. The van der Waals surface area contributed by atoms with Crippen molar-refractivity contribution in [2.24, 2.45) is 0 Å². The van der Waals surface area contributed by atoms with Gasteiger partial charge in [0.25, 0.3) is 0 Å². The summed E-state index contributed by atoms with van der Waals surface area (Å²) in [6, 6.07) is 12.9. The molecule has 0 bridgehead atoms. The number of ether oxygens (including phenoxy) is 2. The molecule has 0 aliphatic rings. The van der Waals surface area contributed by atoms with Crippen molar-refractivity contribution >= 4 is 124 Å². The summed E-state index contributed by atoms with van der Waals surface area (Å²) >= 11 is 22.7. The fourth-order valence-electron chi connectivity index (χ4n) is 4.77. The van der Waals surface area contributed by atoms with Gasteiger partial charge in [-0.05, 0) is 136 Å². The van der Waals surface area contributed by atoms with Gasteiger partial charge in [0.05, 0.1) is 33.2 Å². The molecule has 0 radical (unpaired) electrons. The summed E-state index contributed by atoms with van der Waals surface area (Å²) in [5.41, 5.74) is 1.45. The number of phenolic OH excluding ortho intramolecular Hbond substituents is 3. The van der Waals surface area contributed by atoms with Crippen LogP contribution in [0.3, 0.4) is 0 Å². The highest BCUT2D eigenvalue weighted by molar-refractivity contribution is 14.1. The maximum absolute atomic E-state index is 14.2. The summed E-state index contributed by atoms with van der Waals surface area (Å²) in [4.78, 5) is 54.3. The maximum Gasteiger partial charge on any atom is 0.408 e. The first-order valence-electron chi connectivity index (χ1n) is 14.8. The molecule has 4 aromatic rings. The molecule has 18 heteroatoms. The molecule has 0 saturated heterocycles. The van der Waals surface area contributed by atoms with Gasteiger partial charge in [-0.2, -0.15) is 0 Å². The Balaban J connectivity index is 1.71. The highest BCUT2D eigenvalue weighted by Crippen LogP contribution is 2.36. The van der Waals surface area contributed by atoms with Gasteiger partial charge in [-0.3, -0.25) is 9.59 Å². The van der Waals surface area contributed by atoms with Crippen LogP contribution in [0.4, 0.5) is 4.79 Å². The second-order valence-corrected chi connectivity index (χ2v) is 15.8. The molecular formula is C34H27Br2Cl2I2N3O9. The lowest BCUT2D eigenvalue weighted by Gasteiger charge is -2.26. The van der Waals surface area contributed by atoms with Crippen LogP contribution in [0.25, 0.3) is 0 Å². The molecule has 3 atom stereocenters. The SMILES string of the molecule is COC(=O)[C@H](Cc1cc(Br)c(O)c(Br)c1)NC(=O)[C@H](NC(=O)[C@H](NC(=O)OCc1ccccc1)c1cc(I)c(O)c(I)c1)c1cc(Cl)c(O)c(Cl)c1. The molecule has 0 aliphatic heterocycles. The highest BCUT2D eigenvalue weighted by atomic mass is 127. The Labute approximate surface area is 351 Å². The fourth-order valence-corrected chi connectivity index (χ4v) is 8.38. The normalized spacial score (nSPS) is 12.6. The molecule has 0 unspecified atom stereocenters. The van der Waals surface area contributed by atoms with E-state index in [9.17, 15) is 34.5 Å². The topological polar surface area (TPSA) is 184 Å². The van der Waals surface area contributed by atoms with Crippen molar-refractivity contribution in [2.45, 2.75) is 31.2 Å². The van der Waals surface area contributed by atoms with Crippen LogP contribution in [0.1, 0.15) is 34.3 Å². The second-order valence-electron chi connectivity index (χ2n) is 10.9. The Morgan fingerprint density at radius 1 is 0.731 bits per heavy atom. The molecular weight excluding hydrogens is 1080 g/mol. The van der Waals surface area contributed by atoms with Gasteiger partial charge in [0.1, 0.15) is 36.2 Å². The number of alkyl carbamates (subject to hydrolysis) is 1. The van der Waals surface area contributed by atoms with E-state index in [0.717, 1.165) is 7.11 Å². The van der Waals surface area contributed by atoms with Crippen molar-refractivity contribution in [2.75, 3.05) is 7.11 Å². The zero-order valence-corrected chi connectivity index (χ0v) is 35.6. The summed E-state index contributed by atoms with van der Waals surface area (Å²) in [5.74, 6) is -3.23. The number of rotatable bonds is 12. The second kappa shape index (κ2) is 18.8. The molecule has 4 rings (SSSR count). The third-order valence-corrected chi connectivity index (χ3v) is 10.8. The number of esters is 1. The standard InChI is InChI=1S/C34H27Br2Cl2I2N3O9/c1-51-33(49)25(9-16-7-19(35)28(44)20(36)8-16)41-31(47)26(17-10-21(37)29(45)22(38)11-17)42-32(48)27(18-12-23(39)30(46)24(40)13-18)43-34(50)52-14-15-5-3-2-4-6-15/h2-8,10-13,25-27,44-46H,9,14H2,1H3,(H,41,47)(H,42,48)(H,43,50)/t25-,26+,27+/m0/s1. The average Bonchev–Trinajstić information content (AvgIpc) is 3.11. The quantitative estimate of drug-likeness (QED) is 0.0616. The Morgan fingerprint density at radius 3 is 1.81 bits per heavy atom. The van der Waals surface area contributed by atoms with Crippen molar-refractivity contribution in [1.29, 1.82) is 0 Å². The monoisotopic (exact) mass is 1100 g/mol. The van der Waals surface area contributed by atoms with Gasteiger partial charge in [0.2, 0.25) is 11.8 Å². The molecule has 0 aromatic heterocycles. The lowest BCUT2D eigenvalue weighted by Crippen LogP contribution is -2.50. The molecule has 0 fully saturated rings. The number of benzene rings is 4. The molecule has 3 amide bonds. The molecule has 274 valence electrons. The molecule has 6 N–H and O–H groups in total. The number of methoxy groups -OCH3 is 1. The Kier molecular flexibility index (Phi) is 15.1. The average molecular weight is 1110 g/mol. The number of amides is 3. The highest BCUT2D eigenvalue weighted by Gasteiger charge is 2.33. The van der Waals surface area contributed by atoms with Gasteiger partial charge in [0, 0.05) is 6.42 Å². The first-order valence-corrected chi connectivity index (χ1v) is 19.3. The van der Waals surface area contributed by atoms with E-state index in [1.165, 1.54) is 24.3 Å². The van der Waals surface area contributed by atoms with Crippen LogP contribution >= 0.6 is 100 Å². The summed E-state index contributed by atoms with van der Waals surface area (Å²) in [6.45, 7) is -0.107. The number of hydrogen-bond donors (Lipinski definition) is 6. The van der Waals surface area contributed by atoms with E-state index in [4.69, 9.17) is 32.7 Å². The van der Waals surface area contributed by atoms with E-state index in [-0.39, 0.29) is 45.7 Å². The van der Waals surface area contributed by atoms with Crippen LogP contribution < -0.4 is 16.0 Å². The van der Waals surface area contributed by atoms with Crippen molar-refractivity contribution in [3.05, 3.63) is 115 Å². The van der Waals surface area contributed by atoms with Gasteiger partial charge in [-0.25, -0.2) is 9.59 Å². The molecule has 52 heavy (non-hydrogen) atoms. The molecule has 4 aromatic carbocycles. The smallest absolute Gasteiger partial charge is 0.408 e. The predicted molar refractivity (Wildman–Crippen MR) is 216 cm³/mol. The Bertz CT molecular complexity index is 1940. The van der Waals surface area contributed by atoms with E-state index in [1.54, 1.807) is 42.5 Å². The number of hydrogen-bond acceptors (Lipinski definition) is 9. The van der Waals surface area contributed by atoms with E-state index in [0.29, 0.717) is 27.2 Å². The number of carbonyl (C=O) groups excluding carboxylic acids is 4. The fraction of sp³-hybridized carbons (Fsp3) is 0.176. The lowest BCUT2D eigenvalue weighted by atomic mass is 10.0. The van der Waals surface area contributed by atoms with Gasteiger partial charge in [-0.1, -0.05) is 53.5 Å². The number of carbonyl (C=O) groups is 4. The van der Waals surface area contributed by atoms with Crippen LogP contribution in [0.15, 0.2) is 75.7 Å². The van der Waals surface area contributed by atoms with Gasteiger partial charge in [0.15, 0.2) is 5.75 Å². The van der Waals surface area contributed by atoms with Gasteiger partial charge >= 0.3 is 12.1 Å². The summed E-state index contributed by atoms with van der Waals surface area (Å²) in [7, 11) is 1.14. The van der Waals surface area contributed by atoms with Crippen LogP contribution in [0, 0.1) is 7.14 Å². The molecule has 0 spiro atoms. The van der Waals surface area contributed by atoms with E-state index >= 15 is 0 Å². The zero-order valence-electron chi connectivity index (χ0n) is 26.6. The Morgan fingerprint density at radius 2 is 1.25 bits per heavy atom. The number of halogens is 6. The number of aromatic hydroxyl groups is 3. The molecule has 0 heterocycles. The van der Waals surface area contributed by atoms with Crippen molar-refractivity contribution < 1.29 is 44.0 Å². The first kappa shape index (κ1) is 41.7. The molecule has 0 saturated carbocycles. The first-order chi connectivity index (χ1) is 24.6. The Hall–Kier alpha value is -3.04. The van der Waals surface area contributed by atoms with E-state index in [2.05, 4.69) is 47.8 Å². The minimum Gasteiger partial charge on any atom is -0.506 e. The largest absolute Gasteiger partial charge is 0.506 e. The van der Waals surface area contributed by atoms with Crippen molar-refractivity contribution in [3.8, 4) is 17.2 Å². The van der Waals surface area contributed by atoms with E-state index in [1.807, 2.05) is 45.2 Å². The van der Waals surface area contributed by atoms with Crippen LogP contribution in [0.5, 0.6) is 17.2 Å². The number of nitrogens with one attached hydrogen (secondary N) is 3. The summed E-state index contributed by atoms with van der Waals surface area (Å²) < 4.78 is 11.7. The number of phenols is 3.